The van der Waals surface area contributed by atoms with Crippen LogP contribution in [0.25, 0.3) is 17.2 Å². The van der Waals surface area contributed by atoms with E-state index in [1.54, 1.807) is 26.0 Å². The minimum atomic E-state index is -0.600. The molecule has 0 atom stereocenters. The average Bonchev–Trinajstić information content (AvgIpc) is 3.25. The second-order valence-electron chi connectivity index (χ2n) is 5.42. The van der Waals surface area contributed by atoms with Crippen LogP contribution in [0.15, 0.2) is 33.3 Å². The van der Waals surface area contributed by atoms with Gasteiger partial charge in [-0.1, -0.05) is 0 Å². The molecule has 3 heterocycles. The number of hydrogen-bond donors (Lipinski definition) is 1. The summed E-state index contributed by atoms with van der Waals surface area (Å²) in [5, 5.41) is 0.277. The van der Waals surface area contributed by atoms with Gasteiger partial charge in [0.15, 0.2) is 12.4 Å². The standard InChI is InChI=1S/C18H17N3O6/c1-3-24-18(23)14-10(2)27-17-15(14)16(19)20-12(21-17)9-26-13(22)7-6-11-5-4-8-25-11/h4-8H,3,9H2,1-2H3,(H2,19,20,21)/b7-6+. The summed E-state index contributed by atoms with van der Waals surface area (Å²) in [5.74, 6) is -0.143. The van der Waals surface area contributed by atoms with Crippen LogP contribution in [-0.4, -0.2) is 28.5 Å². The lowest BCUT2D eigenvalue weighted by Gasteiger charge is -2.04. The molecule has 9 heteroatoms. The summed E-state index contributed by atoms with van der Waals surface area (Å²) >= 11 is 0. The van der Waals surface area contributed by atoms with E-state index in [9.17, 15) is 9.59 Å². The van der Waals surface area contributed by atoms with Gasteiger partial charge in [-0.2, -0.15) is 4.98 Å². The molecule has 0 aliphatic heterocycles. The monoisotopic (exact) mass is 371 g/mol. The fraction of sp³-hybridized carbons (Fsp3) is 0.222. The van der Waals surface area contributed by atoms with Crippen molar-refractivity contribution in [2.75, 3.05) is 12.3 Å². The van der Waals surface area contributed by atoms with Gasteiger partial charge in [0.2, 0.25) is 5.71 Å². The Hall–Kier alpha value is -3.62. The molecule has 0 aliphatic rings. The molecule has 0 radical (unpaired) electrons. The molecule has 0 bridgehead atoms. The first-order valence-electron chi connectivity index (χ1n) is 8.10. The minimum absolute atomic E-state index is 0.0390. The predicted octanol–water partition coefficient (Wildman–Crippen LogP) is 2.64. The van der Waals surface area contributed by atoms with Crippen molar-refractivity contribution in [3.63, 3.8) is 0 Å². The zero-order valence-corrected chi connectivity index (χ0v) is 14.7. The molecular formula is C18H17N3O6. The van der Waals surface area contributed by atoms with Crippen LogP contribution in [0, 0.1) is 6.92 Å². The van der Waals surface area contributed by atoms with E-state index in [4.69, 9.17) is 24.0 Å². The van der Waals surface area contributed by atoms with Crippen molar-refractivity contribution in [1.29, 1.82) is 0 Å². The van der Waals surface area contributed by atoms with Crippen molar-refractivity contribution >= 4 is 34.9 Å². The Labute approximate surface area is 153 Å². The van der Waals surface area contributed by atoms with Gasteiger partial charge in [0, 0.05) is 6.08 Å². The van der Waals surface area contributed by atoms with Gasteiger partial charge >= 0.3 is 11.9 Å². The first-order chi connectivity index (χ1) is 13.0. The highest BCUT2D eigenvalue weighted by Crippen LogP contribution is 2.29. The molecule has 3 aromatic heterocycles. The van der Waals surface area contributed by atoms with Crippen LogP contribution in [0.3, 0.4) is 0 Å². The molecule has 0 saturated heterocycles. The van der Waals surface area contributed by atoms with Crippen LogP contribution < -0.4 is 5.73 Å². The molecule has 9 nitrogen and oxygen atoms in total. The number of nitrogen functional groups attached to an aromatic ring is 1. The minimum Gasteiger partial charge on any atom is -0.465 e. The summed E-state index contributed by atoms with van der Waals surface area (Å²) < 4.78 is 20.6. The SMILES string of the molecule is CCOC(=O)c1c(C)oc2nc(COC(=O)/C=C/c3ccco3)nc(N)c12. The normalized spacial score (nSPS) is 11.2. The van der Waals surface area contributed by atoms with Gasteiger partial charge in [-0.05, 0) is 32.1 Å². The molecule has 0 aliphatic carbocycles. The van der Waals surface area contributed by atoms with Crippen molar-refractivity contribution in [1.82, 2.24) is 9.97 Å². The number of carbonyl (C=O) groups excluding carboxylic acids is 2. The highest BCUT2D eigenvalue weighted by atomic mass is 16.5. The van der Waals surface area contributed by atoms with Crippen LogP contribution in [0.5, 0.6) is 0 Å². The van der Waals surface area contributed by atoms with Crippen LogP contribution in [0.2, 0.25) is 0 Å². The third kappa shape index (κ3) is 3.97. The third-order valence-electron chi connectivity index (χ3n) is 3.55. The maximum Gasteiger partial charge on any atom is 0.342 e. The van der Waals surface area contributed by atoms with Crippen LogP contribution >= 0.6 is 0 Å². The van der Waals surface area contributed by atoms with Gasteiger partial charge in [-0.3, -0.25) is 0 Å². The number of aryl methyl sites for hydroxylation is 1. The van der Waals surface area contributed by atoms with E-state index in [0.717, 1.165) is 0 Å². The first kappa shape index (κ1) is 18.2. The average molecular weight is 371 g/mol. The Balaban J connectivity index is 1.76. The lowest BCUT2D eigenvalue weighted by atomic mass is 10.2. The van der Waals surface area contributed by atoms with Gasteiger partial charge in [-0.15, -0.1) is 0 Å². The summed E-state index contributed by atoms with van der Waals surface area (Å²) in [6, 6.07) is 3.40. The van der Waals surface area contributed by atoms with E-state index in [1.807, 2.05) is 0 Å². The number of rotatable bonds is 6. The highest BCUT2D eigenvalue weighted by molar-refractivity contribution is 6.07. The van der Waals surface area contributed by atoms with Gasteiger partial charge in [-0.25, -0.2) is 14.6 Å². The van der Waals surface area contributed by atoms with Crippen LogP contribution in [0.4, 0.5) is 5.82 Å². The van der Waals surface area contributed by atoms with Gasteiger partial charge in [0.05, 0.1) is 18.3 Å². The molecule has 140 valence electrons. The van der Waals surface area contributed by atoms with Gasteiger partial charge < -0.3 is 24.0 Å². The van der Waals surface area contributed by atoms with Crippen LogP contribution in [-0.2, 0) is 20.9 Å². The van der Waals surface area contributed by atoms with E-state index in [2.05, 4.69) is 9.97 Å². The van der Waals surface area contributed by atoms with Gasteiger partial charge in [0.1, 0.15) is 22.9 Å². The molecular weight excluding hydrogens is 354 g/mol. The Morgan fingerprint density at radius 1 is 1.30 bits per heavy atom. The summed E-state index contributed by atoms with van der Waals surface area (Å²) in [5.41, 5.74) is 6.26. The molecule has 0 amide bonds. The van der Waals surface area contributed by atoms with Crippen molar-refractivity contribution in [3.05, 3.63) is 47.4 Å². The Morgan fingerprint density at radius 2 is 2.11 bits per heavy atom. The topological polar surface area (TPSA) is 131 Å². The number of ether oxygens (including phenoxy) is 2. The predicted molar refractivity (Wildman–Crippen MR) is 94.4 cm³/mol. The fourth-order valence-electron chi connectivity index (χ4n) is 2.42. The van der Waals surface area contributed by atoms with E-state index in [-0.39, 0.29) is 41.5 Å². The largest absolute Gasteiger partial charge is 0.465 e. The number of anilines is 1. The molecule has 0 fully saturated rings. The number of hydrogen-bond acceptors (Lipinski definition) is 9. The van der Waals surface area contributed by atoms with Crippen molar-refractivity contribution in [2.24, 2.45) is 0 Å². The maximum atomic E-state index is 12.1. The maximum absolute atomic E-state index is 12.1. The Bertz CT molecular complexity index is 1000. The molecule has 0 spiro atoms. The number of carbonyl (C=O) groups is 2. The summed E-state index contributed by atoms with van der Waals surface area (Å²) in [6.45, 7) is 3.30. The lowest BCUT2D eigenvalue weighted by Crippen LogP contribution is -2.09. The number of esters is 2. The van der Waals surface area contributed by atoms with E-state index < -0.39 is 11.9 Å². The summed E-state index contributed by atoms with van der Waals surface area (Å²) in [4.78, 5) is 32.1. The molecule has 0 saturated carbocycles. The second kappa shape index (κ2) is 7.73. The van der Waals surface area contributed by atoms with E-state index in [0.29, 0.717) is 11.5 Å². The molecule has 3 aromatic rings. The number of aromatic nitrogens is 2. The molecule has 0 unspecified atom stereocenters. The van der Waals surface area contributed by atoms with Crippen molar-refractivity contribution in [2.45, 2.75) is 20.5 Å². The van der Waals surface area contributed by atoms with E-state index in [1.165, 1.54) is 18.4 Å². The highest BCUT2D eigenvalue weighted by Gasteiger charge is 2.24. The smallest absolute Gasteiger partial charge is 0.342 e. The Kier molecular flexibility index (Phi) is 5.20. The first-order valence-corrected chi connectivity index (χ1v) is 8.10. The molecule has 2 N–H and O–H groups in total. The Morgan fingerprint density at radius 3 is 2.81 bits per heavy atom. The third-order valence-corrected chi connectivity index (χ3v) is 3.55. The lowest BCUT2D eigenvalue weighted by molar-refractivity contribution is -0.139. The van der Waals surface area contributed by atoms with E-state index >= 15 is 0 Å². The molecule has 27 heavy (non-hydrogen) atoms. The van der Waals surface area contributed by atoms with Crippen molar-refractivity contribution < 1.29 is 27.9 Å². The summed E-state index contributed by atoms with van der Waals surface area (Å²) in [7, 11) is 0. The molecule has 0 aromatic carbocycles. The number of nitrogens with zero attached hydrogens (tertiary/aromatic N) is 2. The van der Waals surface area contributed by atoms with Crippen LogP contribution in [0.1, 0.15) is 34.6 Å². The molecule has 3 rings (SSSR count). The zero-order valence-electron chi connectivity index (χ0n) is 14.7. The quantitative estimate of drug-likeness (QED) is 0.513. The number of nitrogens with two attached hydrogens (primary N) is 1. The number of fused-ring (bicyclic) bond motifs is 1. The summed E-state index contributed by atoms with van der Waals surface area (Å²) in [6.07, 6.45) is 4.19. The van der Waals surface area contributed by atoms with Crippen molar-refractivity contribution in [3.8, 4) is 0 Å². The second-order valence-corrected chi connectivity index (χ2v) is 5.42. The number of furan rings is 2. The fourth-order valence-corrected chi connectivity index (χ4v) is 2.42. The zero-order chi connectivity index (χ0) is 19.4. The van der Waals surface area contributed by atoms with Gasteiger partial charge in [0.25, 0.3) is 0 Å².